The number of hydrogen-bond acceptors (Lipinski definition) is 3. The highest BCUT2D eigenvalue weighted by Crippen LogP contribution is 2.25. The van der Waals surface area contributed by atoms with Crippen LogP contribution in [0.15, 0.2) is 41.6 Å². The Kier molecular flexibility index (Phi) is 4.18. The number of alkyl halides is 1. The number of halogens is 1. The maximum absolute atomic E-state index is 12.6. The first-order chi connectivity index (χ1) is 9.24. The second-order valence-corrected chi connectivity index (χ2v) is 8.32. The predicted octanol–water partition coefficient (Wildman–Crippen LogP) is 3.08. The van der Waals surface area contributed by atoms with Crippen molar-refractivity contribution in [2.75, 3.05) is 0 Å². The molecule has 1 heterocycles. The monoisotopic (exact) mass is 356 g/mol. The first kappa shape index (κ1) is 15.4. The first-order valence-corrected chi connectivity index (χ1v) is 8.65. The van der Waals surface area contributed by atoms with E-state index in [1.165, 1.54) is 0 Å². The fourth-order valence-electron chi connectivity index (χ4n) is 1.81. The Morgan fingerprint density at radius 3 is 2.65 bits per heavy atom. The molecule has 1 unspecified atom stereocenters. The molecule has 0 saturated heterocycles. The van der Waals surface area contributed by atoms with Crippen molar-refractivity contribution in [3.05, 3.63) is 36.7 Å². The van der Waals surface area contributed by atoms with Gasteiger partial charge >= 0.3 is 0 Å². The van der Waals surface area contributed by atoms with E-state index < -0.39 is 15.6 Å². The number of nitrogens with zero attached hydrogens (tertiary/aromatic N) is 1. The molecule has 0 aliphatic rings. The van der Waals surface area contributed by atoms with Gasteiger partial charge < -0.3 is 0 Å². The topological polar surface area (TPSA) is 59.1 Å². The van der Waals surface area contributed by atoms with Crippen molar-refractivity contribution in [2.45, 2.75) is 36.0 Å². The summed E-state index contributed by atoms with van der Waals surface area (Å²) < 4.78 is 28.0. The second kappa shape index (κ2) is 5.42. The van der Waals surface area contributed by atoms with Crippen LogP contribution in [0.5, 0.6) is 0 Å². The van der Waals surface area contributed by atoms with E-state index in [-0.39, 0.29) is 9.72 Å². The minimum atomic E-state index is -3.60. The highest BCUT2D eigenvalue weighted by atomic mass is 79.9. The van der Waals surface area contributed by atoms with Crippen molar-refractivity contribution >= 4 is 36.7 Å². The van der Waals surface area contributed by atoms with E-state index in [1.807, 2.05) is 26.8 Å². The molecule has 0 fully saturated rings. The van der Waals surface area contributed by atoms with Crippen LogP contribution in [0.3, 0.4) is 0 Å². The number of fused-ring (bicyclic) bond motifs is 1. The third kappa shape index (κ3) is 3.02. The average Bonchev–Trinajstić information content (AvgIpc) is 2.36. The molecule has 0 radical (unpaired) electrons. The summed E-state index contributed by atoms with van der Waals surface area (Å²) in [6.07, 6.45) is 3.26. The fourth-order valence-corrected chi connectivity index (χ4v) is 3.79. The third-order valence-electron chi connectivity index (χ3n) is 3.32. The van der Waals surface area contributed by atoms with Crippen molar-refractivity contribution in [3.8, 4) is 0 Å². The molecule has 0 aliphatic heterocycles. The number of rotatable bonds is 4. The quantitative estimate of drug-likeness (QED) is 0.856. The van der Waals surface area contributed by atoms with Crippen LogP contribution in [0.2, 0.25) is 0 Å². The summed E-state index contributed by atoms with van der Waals surface area (Å²) in [6, 6.07) is 6.90. The minimum absolute atomic E-state index is 0.00131. The third-order valence-corrected chi connectivity index (χ3v) is 6.20. The van der Waals surface area contributed by atoms with Crippen molar-refractivity contribution < 1.29 is 8.42 Å². The van der Waals surface area contributed by atoms with Gasteiger partial charge in [-0.25, -0.2) is 13.1 Å². The second-order valence-electron chi connectivity index (χ2n) is 5.30. The SMILES string of the molecule is CC(Br)C(C)(C)NS(=O)(=O)c1cccc2cnccc12. The van der Waals surface area contributed by atoms with E-state index in [2.05, 4.69) is 25.6 Å². The van der Waals surface area contributed by atoms with Gasteiger partial charge in [0.2, 0.25) is 10.0 Å². The van der Waals surface area contributed by atoms with Gasteiger partial charge in [0.05, 0.1) is 4.90 Å². The lowest BCUT2D eigenvalue weighted by molar-refractivity contribution is 0.454. The molecule has 1 atom stereocenters. The van der Waals surface area contributed by atoms with E-state index in [9.17, 15) is 8.42 Å². The van der Waals surface area contributed by atoms with Gasteiger partial charge in [-0.1, -0.05) is 35.0 Å². The maximum Gasteiger partial charge on any atom is 0.241 e. The lowest BCUT2D eigenvalue weighted by Crippen LogP contribution is -2.48. The molecule has 0 bridgehead atoms. The summed E-state index contributed by atoms with van der Waals surface area (Å²) in [5.74, 6) is 0. The minimum Gasteiger partial charge on any atom is -0.264 e. The molecule has 0 amide bonds. The van der Waals surface area contributed by atoms with Crippen molar-refractivity contribution in [2.24, 2.45) is 0 Å². The van der Waals surface area contributed by atoms with Gasteiger partial charge in [0.1, 0.15) is 0 Å². The molecule has 1 aromatic carbocycles. The van der Waals surface area contributed by atoms with Crippen LogP contribution < -0.4 is 4.72 Å². The molecular weight excluding hydrogens is 340 g/mol. The van der Waals surface area contributed by atoms with Gasteiger partial charge in [-0.2, -0.15) is 0 Å². The smallest absolute Gasteiger partial charge is 0.241 e. The lowest BCUT2D eigenvalue weighted by atomic mass is 10.0. The van der Waals surface area contributed by atoms with Crippen LogP contribution in [0.25, 0.3) is 10.8 Å². The summed E-state index contributed by atoms with van der Waals surface area (Å²) in [5, 5.41) is 1.48. The Balaban J connectivity index is 2.53. The summed E-state index contributed by atoms with van der Waals surface area (Å²) >= 11 is 3.43. The molecule has 4 nitrogen and oxygen atoms in total. The van der Waals surface area contributed by atoms with Gasteiger partial charge in [-0.15, -0.1) is 0 Å². The number of aromatic nitrogens is 1. The summed E-state index contributed by atoms with van der Waals surface area (Å²) in [7, 11) is -3.60. The number of nitrogens with one attached hydrogen (secondary N) is 1. The Morgan fingerprint density at radius 1 is 1.30 bits per heavy atom. The number of sulfonamides is 1. The zero-order valence-corrected chi connectivity index (χ0v) is 14.0. The van der Waals surface area contributed by atoms with E-state index in [4.69, 9.17) is 0 Å². The van der Waals surface area contributed by atoms with Crippen LogP contribution in [-0.2, 0) is 10.0 Å². The van der Waals surface area contributed by atoms with Crippen molar-refractivity contribution in [3.63, 3.8) is 0 Å². The average molecular weight is 357 g/mol. The van der Waals surface area contributed by atoms with Crippen molar-refractivity contribution in [1.29, 1.82) is 0 Å². The molecule has 1 N–H and O–H groups in total. The lowest BCUT2D eigenvalue weighted by Gasteiger charge is -2.29. The summed E-state index contributed by atoms with van der Waals surface area (Å²) in [6.45, 7) is 5.60. The van der Waals surface area contributed by atoms with Crippen molar-refractivity contribution in [1.82, 2.24) is 9.71 Å². The number of hydrogen-bond donors (Lipinski definition) is 1. The molecular formula is C14H17BrN2O2S. The molecule has 0 aliphatic carbocycles. The Bertz CT molecular complexity index is 722. The normalized spacial score (nSPS) is 14.4. The zero-order chi connectivity index (χ0) is 15.0. The molecule has 0 saturated carbocycles. The Hall–Kier alpha value is -0.980. The van der Waals surface area contributed by atoms with E-state index >= 15 is 0 Å². The van der Waals surface area contributed by atoms with Gasteiger partial charge in [-0.05, 0) is 26.0 Å². The van der Waals surface area contributed by atoms with Crippen LogP contribution >= 0.6 is 15.9 Å². The van der Waals surface area contributed by atoms with Gasteiger partial charge in [0, 0.05) is 33.5 Å². The Morgan fingerprint density at radius 2 is 2.00 bits per heavy atom. The molecule has 108 valence electrons. The van der Waals surface area contributed by atoms with Gasteiger partial charge in [0.15, 0.2) is 0 Å². The molecule has 2 rings (SSSR count). The summed E-state index contributed by atoms with van der Waals surface area (Å²) in [4.78, 5) is 4.29. The van der Waals surface area contributed by atoms with Gasteiger partial charge in [0.25, 0.3) is 0 Å². The highest BCUT2D eigenvalue weighted by Gasteiger charge is 2.30. The largest absolute Gasteiger partial charge is 0.264 e. The molecule has 6 heteroatoms. The Labute approximate surface area is 127 Å². The molecule has 1 aromatic heterocycles. The zero-order valence-electron chi connectivity index (χ0n) is 11.6. The van der Waals surface area contributed by atoms with E-state index in [1.54, 1.807) is 30.6 Å². The molecule has 20 heavy (non-hydrogen) atoms. The molecule has 2 aromatic rings. The first-order valence-electron chi connectivity index (χ1n) is 6.25. The standard InChI is InChI=1S/C14H17BrN2O2S/c1-10(15)14(2,3)17-20(18,19)13-6-4-5-11-9-16-8-7-12(11)13/h4-10,17H,1-3H3. The molecule has 0 spiro atoms. The van der Waals surface area contributed by atoms with E-state index in [0.717, 1.165) is 5.39 Å². The highest BCUT2D eigenvalue weighted by molar-refractivity contribution is 9.09. The van der Waals surface area contributed by atoms with Crippen LogP contribution in [-0.4, -0.2) is 23.8 Å². The van der Waals surface area contributed by atoms with Crippen LogP contribution in [0, 0.1) is 0 Å². The predicted molar refractivity (Wildman–Crippen MR) is 84.5 cm³/mol. The number of benzene rings is 1. The van der Waals surface area contributed by atoms with Gasteiger partial charge in [-0.3, -0.25) is 4.98 Å². The number of pyridine rings is 1. The fraction of sp³-hybridized carbons (Fsp3) is 0.357. The van der Waals surface area contributed by atoms with Crippen LogP contribution in [0.1, 0.15) is 20.8 Å². The summed E-state index contributed by atoms with van der Waals surface area (Å²) in [5.41, 5.74) is -0.589. The van der Waals surface area contributed by atoms with E-state index in [0.29, 0.717) is 5.39 Å². The van der Waals surface area contributed by atoms with Crippen LogP contribution in [0.4, 0.5) is 0 Å². The maximum atomic E-state index is 12.6.